The van der Waals surface area contributed by atoms with Crippen LogP contribution in [-0.2, 0) is 11.3 Å². The summed E-state index contributed by atoms with van der Waals surface area (Å²) in [4.78, 5) is 0. The molecule has 2 N–H and O–H groups in total. The molecule has 84 valence electrons. The Morgan fingerprint density at radius 1 is 1.33 bits per heavy atom. The number of ether oxygens (including phenoxy) is 2. The number of aromatic nitrogens is 2. The molecule has 1 heterocycles. The zero-order valence-corrected chi connectivity index (χ0v) is 8.98. The quantitative estimate of drug-likeness (QED) is 0.674. The van der Waals surface area contributed by atoms with Gasteiger partial charge in [0, 0.05) is 18.7 Å². The van der Waals surface area contributed by atoms with Crippen LogP contribution in [0.3, 0.4) is 0 Å². The van der Waals surface area contributed by atoms with Gasteiger partial charge in [-0.05, 0) is 12.5 Å². The van der Waals surface area contributed by atoms with E-state index in [2.05, 4.69) is 17.1 Å². The van der Waals surface area contributed by atoms with E-state index in [0.717, 1.165) is 18.6 Å². The van der Waals surface area contributed by atoms with Crippen molar-refractivity contribution in [3.63, 3.8) is 0 Å². The van der Waals surface area contributed by atoms with E-state index >= 15 is 0 Å². The summed E-state index contributed by atoms with van der Waals surface area (Å²) >= 11 is 0. The minimum atomic E-state index is 0.403. The van der Waals surface area contributed by atoms with E-state index in [1.54, 1.807) is 12.3 Å². The summed E-state index contributed by atoms with van der Waals surface area (Å²) in [6.45, 7) is 4.27. The van der Waals surface area contributed by atoms with Crippen molar-refractivity contribution in [2.75, 3.05) is 19.8 Å². The molecular weight excluding hydrogens is 194 g/mol. The second-order valence-electron chi connectivity index (χ2n) is 3.03. The van der Waals surface area contributed by atoms with Crippen molar-refractivity contribution in [2.24, 2.45) is 5.73 Å². The average Bonchev–Trinajstić information content (AvgIpc) is 2.29. The zero-order chi connectivity index (χ0) is 10.9. The van der Waals surface area contributed by atoms with Gasteiger partial charge in [-0.25, -0.2) is 0 Å². The molecule has 0 bridgehead atoms. The third-order valence-electron chi connectivity index (χ3n) is 1.80. The number of nitrogens with two attached hydrogens (primary N) is 1. The zero-order valence-electron chi connectivity index (χ0n) is 8.98. The fraction of sp³-hybridized carbons (Fsp3) is 0.600. The van der Waals surface area contributed by atoms with Gasteiger partial charge in [0.1, 0.15) is 6.61 Å². The number of rotatable bonds is 7. The fourth-order valence-electron chi connectivity index (χ4n) is 1.07. The van der Waals surface area contributed by atoms with Crippen molar-refractivity contribution >= 4 is 0 Å². The molecule has 1 aromatic heterocycles. The Hall–Kier alpha value is -1.20. The maximum Gasteiger partial charge on any atom is 0.238 e. The molecule has 0 spiro atoms. The number of nitrogens with zero attached hydrogens (tertiary/aromatic N) is 2. The third-order valence-corrected chi connectivity index (χ3v) is 1.80. The van der Waals surface area contributed by atoms with Crippen molar-refractivity contribution < 1.29 is 9.47 Å². The fourth-order valence-corrected chi connectivity index (χ4v) is 1.07. The normalized spacial score (nSPS) is 10.3. The molecule has 0 radical (unpaired) electrons. The molecule has 1 aromatic rings. The standard InChI is InChI=1S/C10H17N3O2/c1-2-5-14-6-7-15-10-9(8-11)3-4-12-13-10/h3-4H,2,5-8,11H2,1H3. The lowest BCUT2D eigenvalue weighted by Crippen LogP contribution is -2.11. The minimum absolute atomic E-state index is 0.403. The summed E-state index contributed by atoms with van der Waals surface area (Å²) in [6, 6.07) is 1.80. The van der Waals surface area contributed by atoms with Crippen LogP contribution in [-0.4, -0.2) is 30.0 Å². The van der Waals surface area contributed by atoms with Gasteiger partial charge in [-0.15, -0.1) is 5.10 Å². The first-order chi connectivity index (χ1) is 7.38. The average molecular weight is 211 g/mol. The van der Waals surface area contributed by atoms with Gasteiger partial charge in [-0.2, -0.15) is 5.10 Å². The van der Waals surface area contributed by atoms with Crippen molar-refractivity contribution in [1.82, 2.24) is 10.2 Å². The Kier molecular flexibility index (Phi) is 5.65. The largest absolute Gasteiger partial charge is 0.474 e. The molecular formula is C10H17N3O2. The van der Waals surface area contributed by atoms with Gasteiger partial charge in [-0.3, -0.25) is 0 Å². The van der Waals surface area contributed by atoms with Crippen LogP contribution in [0.5, 0.6) is 5.88 Å². The van der Waals surface area contributed by atoms with Gasteiger partial charge in [0.15, 0.2) is 0 Å². The van der Waals surface area contributed by atoms with E-state index in [0.29, 0.717) is 25.6 Å². The molecule has 0 saturated carbocycles. The lowest BCUT2D eigenvalue weighted by atomic mass is 10.3. The Labute approximate surface area is 89.6 Å². The lowest BCUT2D eigenvalue weighted by Gasteiger charge is -2.07. The van der Waals surface area contributed by atoms with Gasteiger partial charge in [0.2, 0.25) is 5.88 Å². The Balaban J connectivity index is 2.30. The van der Waals surface area contributed by atoms with Gasteiger partial charge in [0.05, 0.1) is 12.8 Å². The molecule has 0 unspecified atom stereocenters. The van der Waals surface area contributed by atoms with E-state index in [1.165, 1.54) is 0 Å². The van der Waals surface area contributed by atoms with E-state index in [4.69, 9.17) is 15.2 Å². The first-order valence-electron chi connectivity index (χ1n) is 5.09. The summed E-state index contributed by atoms with van der Waals surface area (Å²) in [5, 5.41) is 7.60. The molecule has 5 nitrogen and oxygen atoms in total. The van der Waals surface area contributed by atoms with Crippen molar-refractivity contribution in [3.8, 4) is 5.88 Å². The van der Waals surface area contributed by atoms with E-state index < -0.39 is 0 Å². The topological polar surface area (TPSA) is 70.3 Å². The van der Waals surface area contributed by atoms with Crippen molar-refractivity contribution in [3.05, 3.63) is 17.8 Å². The molecule has 0 atom stereocenters. The van der Waals surface area contributed by atoms with Crippen LogP contribution in [0.25, 0.3) is 0 Å². The van der Waals surface area contributed by atoms with Gasteiger partial charge >= 0.3 is 0 Å². The molecule has 15 heavy (non-hydrogen) atoms. The molecule has 5 heteroatoms. The van der Waals surface area contributed by atoms with Crippen LogP contribution >= 0.6 is 0 Å². The summed E-state index contributed by atoms with van der Waals surface area (Å²) in [5.74, 6) is 0.500. The molecule has 0 aliphatic rings. The first kappa shape index (κ1) is 11.9. The molecule has 1 rings (SSSR count). The van der Waals surface area contributed by atoms with Crippen LogP contribution in [0.2, 0.25) is 0 Å². The van der Waals surface area contributed by atoms with Crippen LogP contribution < -0.4 is 10.5 Å². The summed E-state index contributed by atoms with van der Waals surface area (Å²) in [7, 11) is 0. The van der Waals surface area contributed by atoms with Crippen LogP contribution in [0.4, 0.5) is 0 Å². The predicted octanol–water partition coefficient (Wildman–Crippen LogP) is 0.741. The molecule has 0 aliphatic carbocycles. The molecule has 0 saturated heterocycles. The van der Waals surface area contributed by atoms with Crippen molar-refractivity contribution in [2.45, 2.75) is 19.9 Å². The highest BCUT2D eigenvalue weighted by Gasteiger charge is 2.02. The van der Waals surface area contributed by atoms with Crippen LogP contribution in [0.1, 0.15) is 18.9 Å². The Morgan fingerprint density at radius 2 is 2.20 bits per heavy atom. The maximum atomic E-state index is 5.52. The molecule has 0 aromatic carbocycles. The van der Waals surface area contributed by atoms with E-state index in [-0.39, 0.29) is 0 Å². The van der Waals surface area contributed by atoms with E-state index in [9.17, 15) is 0 Å². The summed E-state index contributed by atoms with van der Waals surface area (Å²) in [6.07, 6.45) is 2.61. The second-order valence-corrected chi connectivity index (χ2v) is 3.03. The Morgan fingerprint density at radius 3 is 2.93 bits per heavy atom. The highest BCUT2D eigenvalue weighted by molar-refractivity contribution is 5.22. The van der Waals surface area contributed by atoms with Crippen molar-refractivity contribution in [1.29, 1.82) is 0 Å². The van der Waals surface area contributed by atoms with Gasteiger partial charge < -0.3 is 15.2 Å². The summed E-state index contributed by atoms with van der Waals surface area (Å²) in [5.41, 5.74) is 6.39. The minimum Gasteiger partial charge on any atom is -0.474 e. The first-order valence-corrected chi connectivity index (χ1v) is 5.09. The third kappa shape index (κ3) is 4.22. The van der Waals surface area contributed by atoms with Gasteiger partial charge in [-0.1, -0.05) is 6.92 Å². The highest BCUT2D eigenvalue weighted by Crippen LogP contribution is 2.11. The maximum absolute atomic E-state index is 5.52. The molecule has 0 aliphatic heterocycles. The Bertz CT molecular complexity index is 281. The smallest absolute Gasteiger partial charge is 0.238 e. The number of hydrogen-bond donors (Lipinski definition) is 1. The lowest BCUT2D eigenvalue weighted by molar-refractivity contribution is 0.0982. The molecule has 0 fully saturated rings. The van der Waals surface area contributed by atoms with Crippen LogP contribution in [0.15, 0.2) is 12.3 Å². The number of hydrogen-bond acceptors (Lipinski definition) is 5. The highest BCUT2D eigenvalue weighted by atomic mass is 16.5. The SMILES string of the molecule is CCCOCCOc1nnccc1CN. The second kappa shape index (κ2) is 7.14. The van der Waals surface area contributed by atoms with Crippen LogP contribution in [0, 0.1) is 0 Å². The predicted molar refractivity (Wildman–Crippen MR) is 56.5 cm³/mol. The van der Waals surface area contributed by atoms with Gasteiger partial charge in [0.25, 0.3) is 0 Å². The summed E-state index contributed by atoms with van der Waals surface area (Å²) < 4.78 is 10.7. The molecule has 0 amide bonds. The monoisotopic (exact) mass is 211 g/mol. The van der Waals surface area contributed by atoms with E-state index in [1.807, 2.05) is 0 Å².